The van der Waals surface area contributed by atoms with Crippen LogP contribution in [0.3, 0.4) is 0 Å². The van der Waals surface area contributed by atoms with Gasteiger partial charge in [-0.25, -0.2) is 0 Å². The van der Waals surface area contributed by atoms with Gasteiger partial charge in [0.2, 0.25) is 0 Å². The molecule has 1 unspecified atom stereocenters. The minimum Gasteiger partial charge on any atom is -0.400 e. The molecule has 0 aromatic carbocycles. The summed E-state index contributed by atoms with van der Waals surface area (Å²) in [7, 11) is 2.14. The maximum atomic E-state index is 6.00. The van der Waals surface area contributed by atoms with Gasteiger partial charge in [0.15, 0.2) is 0 Å². The van der Waals surface area contributed by atoms with E-state index >= 15 is 0 Å². The van der Waals surface area contributed by atoms with Gasteiger partial charge >= 0.3 is 0 Å². The second-order valence-corrected chi connectivity index (χ2v) is 4.24. The smallest absolute Gasteiger partial charge is 0.110 e. The van der Waals surface area contributed by atoms with Crippen LogP contribution in [0.15, 0.2) is 11.8 Å². The van der Waals surface area contributed by atoms with Gasteiger partial charge in [-0.05, 0) is 32.9 Å². The highest BCUT2D eigenvalue weighted by atomic mass is 16.5. The molecule has 2 heterocycles. The standard InChI is InChI=1S/C10H18N2O/c1-8-7-9(11)10(13-8)3-5-12(2)6-4-10/h7-8H,3-6,11H2,1-2H3. The predicted octanol–water partition coefficient (Wildman–Crippen LogP) is 0.712. The van der Waals surface area contributed by atoms with E-state index in [0.29, 0.717) is 0 Å². The Morgan fingerprint density at radius 1 is 1.54 bits per heavy atom. The van der Waals surface area contributed by atoms with Crippen molar-refractivity contribution in [1.82, 2.24) is 4.90 Å². The van der Waals surface area contributed by atoms with Gasteiger partial charge in [-0.1, -0.05) is 0 Å². The number of likely N-dealkylation sites (tertiary alicyclic amines) is 1. The summed E-state index contributed by atoms with van der Waals surface area (Å²) in [4.78, 5) is 2.32. The Kier molecular flexibility index (Phi) is 2.08. The normalized spacial score (nSPS) is 33.7. The second kappa shape index (κ2) is 3.00. The van der Waals surface area contributed by atoms with E-state index in [1.807, 2.05) is 6.08 Å². The van der Waals surface area contributed by atoms with E-state index in [9.17, 15) is 0 Å². The van der Waals surface area contributed by atoms with Crippen LogP contribution in [0.5, 0.6) is 0 Å². The van der Waals surface area contributed by atoms with E-state index in [1.54, 1.807) is 0 Å². The van der Waals surface area contributed by atoms with Crippen molar-refractivity contribution in [3.63, 3.8) is 0 Å². The number of hydrogen-bond acceptors (Lipinski definition) is 3. The first-order valence-corrected chi connectivity index (χ1v) is 4.96. The maximum absolute atomic E-state index is 6.00. The summed E-state index contributed by atoms with van der Waals surface area (Å²) in [6, 6.07) is 0. The van der Waals surface area contributed by atoms with Crippen molar-refractivity contribution in [2.24, 2.45) is 5.73 Å². The second-order valence-electron chi connectivity index (χ2n) is 4.24. The predicted molar refractivity (Wildman–Crippen MR) is 52.3 cm³/mol. The van der Waals surface area contributed by atoms with Crippen LogP contribution in [-0.2, 0) is 4.74 Å². The van der Waals surface area contributed by atoms with Crippen LogP contribution in [0.25, 0.3) is 0 Å². The van der Waals surface area contributed by atoms with Crippen LogP contribution in [0.2, 0.25) is 0 Å². The molecular formula is C10H18N2O. The number of rotatable bonds is 0. The van der Waals surface area contributed by atoms with Crippen molar-refractivity contribution in [1.29, 1.82) is 0 Å². The van der Waals surface area contributed by atoms with Gasteiger partial charge in [-0.3, -0.25) is 0 Å². The molecule has 1 fully saturated rings. The Morgan fingerprint density at radius 2 is 2.15 bits per heavy atom. The summed E-state index contributed by atoms with van der Waals surface area (Å²) in [5.41, 5.74) is 6.83. The molecule has 3 nitrogen and oxygen atoms in total. The average Bonchev–Trinajstić information content (AvgIpc) is 2.34. The Morgan fingerprint density at radius 3 is 2.62 bits per heavy atom. The minimum atomic E-state index is -0.119. The summed E-state index contributed by atoms with van der Waals surface area (Å²) in [6.07, 6.45) is 4.32. The summed E-state index contributed by atoms with van der Waals surface area (Å²) in [6.45, 7) is 4.22. The van der Waals surface area contributed by atoms with Crippen LogP contribution in [-0.4, -0.2) is 36.7 Å². The highest BCUT2D eigenvalue weighted by molar-refractivity contribution is 5.22. The van der Waals surface area contributed by atoms with Crippen molar-refractivity contribution in [3.05, 3.63) is 11.8 Å². The third-order valence-electron chi connectivity index (χ3n) is 3.15. The summed E-state index contributed by atoms with van der Waals surface area (Å²) < 4.78 is 5.91. The van der Waals surface area contributed by atoms with Gasteiger partial charge in [0.1, 0.15) is 5.60 Å². The third-order valence-corrected chi connectivity index (χ3v) is 3.15. The maximum Gasteiger partial charge on any atom is 0.110 e. The molecule has 1 atom stereocenters. The minimum absolute atomic E-state index is 0.119. The number of ether oxygens (including phenoxy) is 1. The van der Waals surface area contributed by atoms with Crippen LogP contribution in [0.1, 0.15) is 19.8 Å². The van der Waals surface area contributed by atoms with Crippen molar-refractivity contribution < 1.29 is 4.74 Å². The number of nitrogens with zero attached hydrogens (tertiary/aromatic N) is 1. The molecule has 13 heavy (non-hydrogen) atoms. The Hall–Kier alpha value is -0.540. The molecule has 0 aromatic rings. The molecule has 0 aliphatic carbocycles. The van der Waals surface area contributed by atoms with E-state index < -0.39 is 0 Å². The topological polar surface area (TPSA) is 38.5 Å². The number of nitrogens with two attached hydrogens (primary N) is 1. The zero-order chi connectivity index (χ0) is 9.47. The molecule has 74 valence electrons. The molecule has 2 aliphatic rings. The monoisotopic (exact) mass is 182 g/mol. The van der Waals surface area contributed by atoms with Crippen LogP contribution < -0.4 is 5.73 Å². The fourth-order valence-electron chi connectivity index (χ4n) is 2.25. The highest BCUT2D eigenvalue weighted by Gasteiger charge is 2.41. The number of hydrogen-bond donors (Lipinski definition) is 1. The van der Waals surface area contributed by atoms with E-state index in [2.05, 4.69) is 18.9 Å². The Labute approximate surface area is 79.5 Å². The quantitative estimate of drug-likeness (QED) is 0.599. The molecule has 0 bridgehead atoms. The first-order chi connectivity index (χ1) is 6.12. The Bertz CT molecular complexity index is 229. The van der Waals surface area contributed by atoms with E-state index in [-0.39, 0.29) is 11.7 Å². The lowest BCUT2D eigenvalue weighted by Gasteiger charge is -2.38. The summed E-state index contributed by atoms with van der Waals surface area (Å²) >= 11 is 0. The lowest BCUT2D eigenvalue weighted by molar-refractivity contribution is -0.0575. The molecule has 3 heteroatoms. The molecule has 2 aliphatic heterocycles. The van der Waals surface area contributed by atoms with E-state index in [4.69, 9.17) is 10.5 Å². The molecule has 1 spiro atoms. The van der Waals surface area contributed by atoms with Crippen LogP contribution in [0, 0.1) is 0 Å². The molecule has 2 N–H and O–H groups in total. The molecule has 0 aromatic heterocycles. The SMILES string of the molecule is CC1C=C(N)C2(CCN(C)CC2)O1. The van der Waals surface area contributed by atoms with Gasteiger partial charge in [0, 0.05) is 18.8 Å². The van der Waals surface area contributed by atoms with Crippen molar-refractivity contribution >= 4 is 0 Å². The highest BCUT2D eigenvalue weighted by Crippen LogP contribution is 2.36. The summed E-state index contributed by atoms with van der Waals surface area (Å²) in [5, 5.41) is 0. The molecule has 1 saturated heterocycles. The number of piperidine rings is 1. The lowest BCUT2D eigenvalue weighted by atomic mass is 9.89. The third kappa shape index (κ3) is 1.46. The van der Waals surface area contributed by atoms with Crippen LogP contribution in [0.4, 0.5) is 0 Å². The van der Waals surface area contributed by atoms with Crippen molar-refractivity contribution in [2.75, 3.05) is 20.1 Å². The van der Waals surface area contributed by atoms with Crippen molar-refractivity contribution in [2.45, 2.75) is 31.5 Å². The van der Waals surface area contributed by atoms with Crippen LogP contribution >= 0.6 is 0 Å². The average molecular weight is 182 g/mol. The summed E-state index contributed by atoms with van der Waals surface area (Å²) in [5.74, 6) is 0. The fraction of sp³-hybridized carbons (Fsp3) is 0.800. The zero-order valence-corrected chi connectivity index (χ0v) is 8.42. The van der Waals surface area contributed by atoms with Gasteiger partial charge < -0.3 is 15.4 Å². The van der Waals surface area contributed by atoms with Crippen molar-refractivity contribution in [3.8, 4) is 0 Å². The molecule has 0 amide bonds. The van der Waals surface area contributed by atoms with Gasteiger partial charge in [0.05, 0.1) is 6.10 Å². The molecule has 0 radical (unpaired) electrons. The molecule has 0 saturated carbocycles. The molecular weight excluding hydrogens is 164 g/mol. The van der Waals surface area contributed by atoms with Gasteiger partial charge in [-0.2, -0.15) is 0 Å². The first kappa shape index (κ1) is 9.03. The largest absolute Gasteiger partial charge is 0.400 e. The van der Waals surface area contributed by atoms with E-state index in [0.717, 1.165) is 31.6 Å². The first-order valence-electron chi connectivity index (χ1n) is 4.96. The van der Waals surface area contributed by atoms with E-state index in [1.165, 1.54) is 0 Å². The Balaban J connectivity index is 2.10. The molecule has 2 rings (SSSR count). The van der Waals surface area contributed by atoms with Gasteiger partial charge in [0.25, 0.3) is 0 Å². The van der Waals surface area contributed by atoms with Gasteiger partial charge in [-0.15, -0.1) is 0 Å². The fourth-order valence-corrected chi connectivity index (χ4v) is 2.25. The zero-order valence-electron chi connectivity index (χ0n) is 8.42. The lowest BCUT2D eigenvalue weighted by Crippen LogP contribution is -2.46.